The van der Waals surface area contributed by atoms with Crippen LogP contribution in [0.2, 0.25) is 0 Å². The van der Waals surface area contributed by atoms with Gasteiger partial charge in [0.05, 0.1) is 0 Å². The van der Waals surface area contributed by atoms with Gasteiger partial charge in [0, 0.05) is 17.9 Å². The molecule has 3 nitrogen and oxygen atoms in total. The first-order valence-electron chi connectivity index (χ1n) is 7.25. The molecule has 0 aromatic carbocycles. The van der Waals surface area contributed by atoms with E-state index >= 15 is 0 Å². The number of rotatable bonds is 9. The number of aromatic nitrogens is 2. The van der Waals surface area contributed by atoms with Crippen molar-refractivity contribution in [2.24, 2.45) is 0 Å². The molecule has 0 radical (unpaired) electrons. The number of nitrogens with zero attached hydrogens (tertiary/aromatic N) is 2. The number of hydrogen-bond donors (Lipinski definition) is 1. The normalized spacial score (nSPS) is 14.2. The summed E-state index contributed by atoms with van der Waals surface area (Å²) in [7, 11) is 0. The third-order valence-electron chi connectivity index (χ3n) is 3.59. The molecule has 0 aliphatic rings. The van der Waals surface area contributed by atoms with Crippen LogP contribution >= 0.6 is 0 Å². The molecule has 0 saturated heterocycles. The Morgan fingerprint density at radius 3 is 2.33 bits per heavy atom. The molecule has 0 fully saturated rings. The summed E-state index contributed by atoms with van der Waals surface area (Å²) in [5.41, 5.74) is 0.119. The highest BCUT2D eigenvalue weighted by atomic mass is 15.1. The maximum atomic E-state index is 4.25. The molecule has 1 aromatic heterocycles. The highest BCUT2D eigenvalue weighted by Gasteiger charge is 2.21. The van der Waals surface area contributed by atoms with Crippen LogP contribution in [0.4, 0.5) is 5.95 Å². The molecule has 0 bridgehead atoms. The Morgan fingerprint density at radius 2 is 1.72 bits per heavy atom. The molecule has 3 heteroatoms. The summed E-state index contributed by atoms with van der Waals surface area (Å²) in [4.78, 5) is 8.49. The molecule has 1 atom stereocenters. The summed E-state index contributed by atoms with van der Waals surface area (Å²) in [6.45, 7) is 6.75. The van der Waals surface area contributed by atoms with Crippen molar-refractivity contribution in [3.8, 4) is 0 Å². The maximum absolute atomic E-state index is 4.25. The first-order valence-corrected chi connectivity index (χ1v) is 7.25. The number of nitrogens with one attached hydrogen (secondary N) is 1. The van der Waals surface area contributed by atoms with Crippen LogP contribution in [0.15, 0.2) is 18.5 Å². The van der Waals surface area contributed by atoms with Gasteiger partial charge in [0.15, 0.2) is 0 Å². The van der Waals surface area contributed by atoms with Crippen molar-refractivity contribution in [2.75, 3.05) is 5.32 Å². The van der Waals surface area contributed by atoms with E-state index in [4.69, 9.17) is 0 Å². The molecule has 18 heavy (non-hydrogen) atoms. The molecule has 0 saturated carbocycles. The molecule has 1 heterocycles. The van der Waals surface area contributed by atoms with Crippen LogP contribution in [-0.4, -0.2) is 15.5 Å². The van der Waals surface area contributed by atoms with Crippen molar-refractivity contribution in [1.29, 1.82) is 0 Å². The SMILES string of the molecule is CCCCCCCC(C)(CC)Nc1ncccn1. The molecule has 102 valence electrons. The second-order valence-electron chi connectivity index (χ2n) is 5.28. The van der Waals surface area contributed by atoms with Crippen molar-refractivity contribution >= 4 is 5.95 Å². The van der Waals surface area contributed by atoms with Gasteiger partial charge in [0.25, 0.3) is 0 Å². The second kappa shape index (κ2) is 8.06. The average Bonchev–Trinajstić information content (AvgIpc) is 2.40. The molecule has 1 aromatic rings. The fourth-order valence-corrected chi connectivity index (χ4v) is 2.08. The number of unbranched alkanes of at least 4 members (excludes halogenated alkanes) is 4. The average molecular weight is 249 g/mol. The maximum Gasteiger partial charge on any atom is 0.222 e. The monoisotopic (exact) mass is 249 g/mol. The minimum atomic E-state index is 0.119. The van der Waals surface area contributed by atoms with E-state index in [2.05, 4.69) is 36.1 Å². The molecule has 0 amide bonds. The summed E-state index contributed by atoms with van der Waals surface area (Å²) >= 11 is 0. The Bertz CT molecular complexity index is 313. The minimum absolute atomic E-state index is 0.119. The predicted octanol–water partition coefficient (Wildman–Crippen LogP) is 4.42. The van der Waals surface area contributed by atoms with Gasteiger partial charge in [-0.05, 0) is 25.8 Å². The van der Waals surface area contributed by atoms with Gasteiger partial charge in [-0.15, -0.1) is 0 Å². The van der Waals surface area contributed by atoms with E-state index in [1.807, 2.05) is 6.07 Å². The standard InChI is InChI=1S/C15H27N3/c1-4-6-7-8-9-11-15(3,5-2)18-14-16-12-10-13-17-14/h10,12-13H,4-9,11H2,1-3H3,(H,16,17,18). The molecular formula is C15H27N3. The van der Waals surface area contributed by atoms with E-state index < -0.39 is 0 Å². The van der Waals surface area contributed by atoms with Gasteiger partial charge in [-0.3, -0.25) is 0 Å². The zero-order chi connectivity index (χ0) is 13.3. The zero-order valence-corrected chi connectivity index (χ0v) is 12.1. The van der Waals surface area contributed by atoms with Crippen LogP contribution < -0.4 is 5.32 Å². The first-order chi connectivity index (χ1) is 8.70. The van der Waals surface area contributed by atoms with E-state index in [0.29, 0.717) is 0 Å². The fourth-order valence-electron chi connectivity index (χ4n) is 2.08. The molecular weight excluding hydrogens is 222 g/mol. The summed E-state index contributed by atoms with van der Waals surface area (Å²) in [5, 5.41) is 3.47. The Morgan fingerprint density at radius 1 is 1.06 bits per heavy atom. The van der Waals surface area contributed by atoms with Gasteiger partial charge in [-0.2, -0.15) is 0 Å². The molecule has 1 unspecified atom stereocenters. The Kier molecular flexibility index (Phi) is 6.69. The minimum Gasteiger partial charge on any atom is -0.349 e. The third kappa shape index (κ3) is 5.48. The van der Waals surface area contributed by atoms with Crippen LogP contribution in [0.1, 0.15) is 65.7 Å². The van der Waals surface area contributed by atoms with Crippen molar-refractivity contribution in [1.82, 2.24) is 9.97 Å². The highest BCUT2D eigenvalue weighted by Crippen LogP contribution is 2.22. The molecule has 0 spiro atoms. The predicted molar refractivity (Wildman–Crippen MR) is 77.7 cm³/mol. The van der Waals surface area contributed by atoms with Crippen molar-refractivity contribution in [3.05, 3.63) is 18.5 Å². The highest BCUT2D eigenvalue weighted by molar-refractivity contribution is 5.27. The largest absolute Gasteiger partial charge is 0.349 e. The Balaban J connectivity index is 2.37. The van der Waals surface area contributed by atoms with Crippen molar-refractivity contribution < 1.29 is 0 Å². The lowest BCUT2D eigenvalue weighted by Gasteiger charge is -2.29. The summed E-state index contributed by atoms with van der Waals surface area (Å²) < 4.78 is 0. The van der Waals surface area contributed by atoms with E-state index in [1.54, 1.807) is 12.4 Å². The zero-order valence-electron chi connectivity index (χ0n) is 12.1. The van der Waals surface area contributed by atoms with Crippen LogP contribution in [0.3, 0.4) is 0 Å². The van der Waals surface area contributed by atoms with E-state index in [-0.39, 0.29) is 5.54 Å². The van der Waals surface area contributed by atoms with Crippen LogP contribution in [0.25, 0.3) is 0 Å². The second-order valence-corrected chi connectivity index (χ2v) is 5.28. The van der Waals surface area contributed by atoms with Gasteiger partial charge in [0.1, 0.15) is 0 Å². The number of hydrogen-bond acceptors (Lipinski definition) is 3. The van der Waals surface area contributed by atoms with Gasteiger partial charge in [0.2, 0.25) is 5.95 Å². The fraction of sp³-hybridized carbons (Fsp3) is 0.733. The molecule has 0 aliphatic heterocycles. The van der Waals surface area contributed by atoms with Crippen LogP contribution in [0, 0.1) is 0 Å². The van der Waals surface area contributed by atoms with Crippen LogP contribution in [-0.2, 0) is 0 Å². The molecule has 0 aliphatic carbocycles. The smallest absolute Gasteiger partial charge is 0.222 e. The molecule has 1 N–H and O–H groups in total. The Labute approximate surface area is 111 Å². The molecule has 1 rings (SSSR count). The van der Waals surface area contributed by atoms with Gasteiger partial charge in [-0.25, -0.2) is 9.97 Å². The van der Waals surface area contributed by atoms with Gasteiger partial charge < -0.3 is 5.32 Å². The lowest BCUT2D eigenvalue weighted by molar-refractivity contribution is 0.425. The van der Waals surface area contributed by atoms with Gasteiger partial charge >= 0.3 is 0 Å². The lowest BCUT2D eigenvalue weighted by Crippen LogP contribution is -2.34. The Hall–Kier alpha value is -1.12. The van der Waals surface area contributed by atoms with Crippen molar-refractivity contribution in [2.45, 2.75) is 71.3 Å². The third-order valence-corrected chi connectivity index (χ3v) is 3.59. The quantitative estimate of drug-likeness (QED) is 0.658. The lowest BCUT2D eigenvalue weighted by atomic mass is 9.91. The summed E-state index contributed by atoms with van der Waals surface area (Å²) in [6.07, 6.45) is 12.5. The summed E-state index contributed by atoms with van der Waals surface area (Å²) in [5.74, 6) is 0.746. The van der Waals surface area contributed by atoms with Crippen molar-refractivity contribution in [3.63, 3.8) is 0 Å². The van der Waals surface area contributed by atoms with E-state index in [0.717, 1.165) is 12.4 Å². The van der Waals surface area contributed by atoms with Crippen LogP contribution in [0.5, 0.6) is 0 Å². The first kappa shape index (κ1) is 14.9. The summed E-state index contributed by atoms with van der Waals surface area (Å²) in [6, 6.07) is 1.85. The topological polar surface area (TPSA) is 37.8 Å². The van der Waals surface area contributed by atoms with E-state index in [9.17, 15) is 0 Å². The van der Waals surface area contributed by atoms with Gasteiger partial charge in [-0.1, -0.05) is 46.0 Å². The van der Waals surface area contributed by atoms with E-state index in [1.165, 1.54) is 38.5 Å². The number of anilines is 1.